The third-order valence-corrected chi connectivity index (χ3v) is 2.08. The maximum absolute atomic E-state index is 13.4. The number of ketones is 1. The molecule has 1 aromatic rings. The second kappa shape index (κ2) is 4.55. The Balaban J connectivity index is 3.08. The molecule has 0 aliphatic heterocycles. The molecule has 0 bridgehead atoms. The zero-order chi connectivity index (χ0) is 11.6. The molecule has 15 heavy (non-hydrogen) atoms. The molecule has 0 saturated carbocycles. The van der Waals surface area contributed by atoms with E-state index in [4.69, 9.17) is 10.0 Å². The van der Waals surface area contributed by atoms with Gasteiger partial charge >= 0.3 is 7.12 Å². The molecule has 1 rings (SSSR count). The van der Waals surface area contributed by atoms with E-state index in [1.54, 1.807) is 13.8 Å². The van der Waals surface area contributed by atoms with Gasteiger partial charge in [0, 0.05) is 5.92 Å². The molecule has 0 aromatic heterocycles. The first-order valence-electron chi connectivity index (χ1n) is 4.63. The largest absolute Gasteiger partial charge is 0.488 e. The summed E-state index contributed by atoms with van der Waals surface area (Å²) in [5.41, 5.74) is 0.0159. The lowest BCUT2D eigenvalue weighted by atomic mass is 9.79. The number of benzene rings is 1. The van der Waals surface area contributed by atoms with E-state index in [9.17, 15) is 9.18 Å². The van der Waals surface area contributed by atoms with Gasteiger partial charge in [-0.15, -0.1) is 0 Å². The van der Waals surface area contributed by atoms with E-state index in [1.165, 1.54) is 12.1 Å². The third-order valence-electron chi connectivity index (χ3n) is 2.08. The van der Waals surface area contributed by atoms with E-state index in [-0.39, 0.29) is 22.7 Å². The van der Waals surface area contributed by atoms with E-state index >= 15 is 0 Å². The van der Waals surface area contributed by atoms with Crippen LogP contribution in [0.5, 0.6) is 0 Å². The Labute approximate surface area is 87.7 Å². The molecule has 0 atom stereocenters. The molecule has 3 nitrogen and oxygen atoms in total. The highest BCUT2D eigenvalue weighted by atomic mass is 19.1. The second-order valence-electron chi connectivity index (χ2n) is 3.63. The first-order chi connectivity index (χ1) is 6.93. The van der Waals surface area contributed by atoms with Crippen LogP contribution in [0.4, 0.5) is 4.39 Å². The van der Waals surface area contributed by atoms with Crippen molar-refractivity contribution in [3.63, 3.8) is 0 Å². The van der Waals surface area contributed by atoms with Gasteiger partial charge in [0.2, 0.25) is 0 Å². The van der Waals surface area contributed by atoms with Crippen molar-refractivity contribution >= 4 is 18.4 Å². The van der Waals surface area contributed by atoms with Gasteiger partial charge < -0.3 is 10.0 Å². The van der Waals surface area contributed by atoms with Crippen molar-refractivity contribution in [2.24, 2.45) is 5.92 Å². The Bertz CT molecular complexity index is 377. The van der Waals surface area contributed by atoms with Gasteiger partial charge in [-0.3, -0.25) is 4.79 Å². The molecule has 0 aliphatic rings. The van der Waals surface area contributed by atoms with Gasteiger partial charge in [0.05, 0.1) is 5.56 Å². The van der Waals surface area contributed by atoms with Crippen molar-refractivity contribution in [3.05, 3.63) is 29.6 Å². The summed E-state index contributed by atoms with van der Waals surface area (Å²) in [6.07, 6.45) is 0. The van der Waals surface area contributed by atoms with Crippen molar-refractivity contribution in [2.75, 3.05) is 0 Å². The average Bonchev–Trinajstić information content (AvgIpc) is 2.16. The Morgan fingerprint density at radius 3 is 2.40 bits per heavy atom. The van der Waals surface area contributed by atoms with Crippen LogP contribution in [-0.4, -0.2) is 22.9 Å². The molecule has 5 heteroatoms. The maximum Gasteiger partial charge on any atom is 0.488 e. The lowest BCUT2D eigenvalue weighted by molar-refractivity contribution is 0.0935. The van der Waals surface area contributed by atoms with Crippen LogP contribution in [0, 0.1) is 11.7 Å². The summed E-state index contributed by atoms with van der Waals surface area (Å²) in [7, 11) is -1.72. The summed E-state index contributed by atoms with van der Waals surface area (Å²) < 4.78 is 13.4. The summed E-state index contributed by atoms with van der Waals surface area (Å²) in [6, 6.07) is 3.55. The minimum Gasteiger partial charge on any atom is -0.423 e. The summed E-state index contributed by atoms with van der Waals surface area (Å²) >= 11 is 0. The van der Waals surface area contributed by atoms with Crippen LogP contribution in [0.25, 0.3) is 0 Å². The fourth-order valence-corrected chi connectivity index (χ4v) is 1.20. The fraction of sp³-hybridized carbons (Fsp3) is 0.300. The summed E-state index contributed by atoms with van der Waals surface area (Å²) in [6.45, 7) is 3.35. The molecule has 0 saturated heterocycles. The van der Waals surface area contributed by atoms with Gasteiger partial charge in [0.1, 0.15) is 5.82 Å². The summed E-state index contributed by atoms with van der Waals surface area (Å²) in [5.74, 6) is -1.31. The van der Waals surface area contributed by atoms with Crippen LogP contribution in [-0.2, 0) is 0 Å². The first-order valence-corrected chi connectivity index (χ1v) is 4.63. The lowest BCUT2D eigenvalue weighted by Gasteiger charge is -2.07. The zero-order valence-corrected chi connectivity index (χ0v) is 8.57. The standard InChI is InChI=1S/C10H12BFO3/c1-6(2)10(13)8-4-3-7(11(14)15)5-9(8)12/h3-6,14-15H,1-2H3. The molecule has 0 heterocycles. The number of carbonyl (C=O) groups is 1. The molecule has 0 spiro atoms. The number of rotatable bonds is 3. The Kier molecular flexibility index (Phi) is 3.60. The van der Waals surface area contributed by atoms with E-state index in [2.05, 4.69) is 0 Å². The second-order valence-corrected chi connectivity index (χ2v) is 3.63. The Morgan fingerprint density at radius 2 is 2.00 bits per heavy atom. The van der Waals surface area contributed by atoms with Gasteiger partial charge in [-0.2, -0.15) is 0 Å². The normalized spacial score (nSPS) is 10.5. The molecule has 0 fully saturated rings. The minimum absolute atomic E-state index is 0.0191. The van der Waals surface area contributed by atoms with Gasteiger partial charge in [0.25, 0.3) is 0 Å². The maximum atomic E-state index is 13.4. The van der Waals surface area contributed by atoms with Crippen molar-refractivity contribution in [3.8, 4) is 0 Å². The number of carbonyl (C=O) groups excluding carboxylic acids is 1. The molecule has 80 valence electrons. The number of hydrogen-bond acceptors (Lipinski definition) is 3. The number of halogens is 1. The summed E-state index contributed by atoms with van der Waals surface area (Å²) in [4.78, 5) is 11.5. The highest BCUT2D eigenvalue weighted by Gasteiger charge is 2.18. The van der Waals surface area contributed by atoms with Crippen molar-refractivity contribution in [1.29, 1.82) is 0 Å². The predicted molar refractivity (Wildman–Crippen MR) is 55.4 cm³/mol. The Hall–Kier alpha value is -1.20. The SMILES string of the molecule is CC(C)C(=O)c1ccc(B(O)O)cc1F. The number of hydrogen-bond donors (Lipinski definition) is 2. The van der Waals surface area contributed by atoms with Crippen molar-refractivity contribution in [2.45, 2.75) is 13.8 Å². The zero-order valence-electron chi connectivity index (χ0n) is 8.57. The highest BCUT2D eigenvalue weighted by Crippen LogP contribution is 2.11. The molecule has 2 N–H and O–H groups in total. The van der Waals surface area contributed by atoms with Gasteiger partial charge in [0.15, 0.2) is 5.78 Å². The topological polar surface area (TPSA) is 57.5 Å². The summed E-state index contributed by atoms with van der Waals surface area (Å²) in [5, 5.41) is 17.6. The van der Waals surface area contributed by atoms with E-state index in [0.29, 0.717) is 0 Å². The van der Waals surface area contributed by atoms with E-state index in [0.717, 1.165) is 6.07 Å². The smallest absolute Gasteiger partial charge is 0.423 e. The molecule has 0 radical (unpaired) electrons. The van der Waals surface area contributed by atoms with Crippen LogP contribution in [0.1, 0.15) is 24.2 Å². The molecular formula is C10H12BFO3. The average molecular weight is 210 g/mol. The molecule has 1 aromatic carbocycles. The molecule has 0 amide bonds. The molecule has 0 aliphatic carbocycles. The van der Waals surface area contributed by atoms with Crippen molar-refractivity contribution < 1.29 is 19.2 Å². The minimum atomic E-state index is -1.72. The van der Waals surface area contributed by atoms with Gasteiger partial charge in [-0.05, 0) is 17.6 Å². The lowest BCUT2D eigenvalue weighted by Crippen LogP contribution is -2.30. The highest BCUT2D eigenvalue weighted by molar-refractivity contribution is 6.58. The molecule has 0 unspecified atom stereocenters. The van der Waals surface area contributed by atoms with E-state index < -0.39 is 12.9 Å². The van der Waals surface area contributed by atoms with Gasteiger partial charge in [-0.1, -0.05) is 19.9 Å². The van der Waals surface area contributed by atoms with Crippen LogP contribution in [0.2, 0.25) is 0 Å². The van der Waals surface area contributed by atoms with Crippen molar-refractivity contribution in [1.82, 2.24) is 0 Å². The monoisotopic (exact) mass is 210 g/mol. The predicted octanol–water partition coefficient (Wildman–Crippen LogP) is 0.344. The quantitative estimate of drug-likeness (QED) is 0.558. The van der Waals surface area contributed by atoms with Crippen LogP contribution >= 0.6 is 0 Å². The number of Topliss-reactive ketones (excluding diaryl/α,β-unsaturated/α-hetero) is 1. The Morgan fingerprint density at radius 1 is 1.40 bits per heavy atom. The first kappa shape index (κ1) is 11.9. The molecular weight excluding hydrogens is 198 g/mol. The van der Waals surface area contributed by atoms with Crippen LogP contribution < -0.4 is 5.46 Å². The van der Waals surface area contributed by atoms with Crippen LogP contribution in [0.15, 0.2) is 18.2 Å². The fourth-order valence-electron chi connectivity index (χ4n) is 1.20. The third kappa shape index (κ3) is 2.64. The van der Waals surface area contributed by atoms with Crippen LogP contribution in [0.3, 0.4) is 0 Å². The van der Waals surface area contributed by atoms with Gasteiger partial charge in [-0.25, -0.2) is 4.39 Å². The van der Waals surface area contributed by atoms with E-state index in [1.807, 2.05) is 0 Å².